The molecule has 2 aliphatic carbocycles. The van der Waals surface area contributed by atoms with E-state index in [-0.39, 0.29) is 5.41 Å². The van der Waals surface area contributed by atoms with Crippen molar-refractivity contribution in [2.45, 2.75) is 31.6 Å². The third kappa shape index (κ3) is 1.05. The van der Waals surface area contributed by atoms with Gasteiger partial charge in [-0.1, -0.05) is 44.2 Å². The van der Waals surface area contributed by atoms with Crippen LogP contribution >= 0.6 is 0 Å². The van der Waals surface area contributed by atoms with Crippen LogP contribution in [0.5, 0.6) is 0 Å². The summed E-state index contributed by atoms with van der Waals surface area (Å²) in [5, 5.41) is 1.42. The second-order valence-corrected chi connectivity index (χ2v) is 6.01. The van der Waals surface area contributed by atoms with Crippen molar-refractivity contribution in [2.24, 2.45) is 5.92 Å². The van der Waals surface area contributed by atoms with Gasteiger partial charge in [-0.2, -0.15) is 0 Å². The van der Waals surface area contributed by atoms with E-state index in [1.165, 1.54) is 23.0 Å². The van der Waals surface area contributed by atoms with Crippen molar-refractivity contribution in [3.63, 3.8) is 0 Å². The summed E-state index contributed by atoms with van der Waals surface area (Å²) in [4.78, 5) is 3.65. The van der Waals surface area contributed by atoms with Gasteiger partial charge < -0.3 is 4.98 Å². The molecule has 0 radical (unpaired) electrons. The summed E-state index contributed by atoms with van der Waals surface area (Å²) < 4.78 is 0. The van der Waals surface area contributed by atoms with Crippen molar-refractivity contribution in [2.75, 3.05) is 0 Å². The molecule has 0 unspecified atom stereocenters. The Balaban J connectivity index is 2.13. The number of fused-ring (bicyclic) bond motifs is 6. The van der Waals surface area contributed by atoms with Gasteiger partial charge in [-0.05, 0) is 29.4 Å². The van der Waals surface area contributed by atoms with Gasteiger partial charge in [-0.15, -0.1) is 0 Å². The van der Waals surface area contributed by atoms with Gasteiger partial charge in [0.05, 0.1) is 0 Å². The molecule has 17 heavy (non-hydrogen) atoms. The molecule has 4 rings (SSSR count). The Hall–Kier alpha value is -1.50. The van der Waals surface area contributed by atoms with Crippen LogP contribution in [0.2, 0.25) is 0 Å². The molecule has 1 heteroatoms. The Morgan fingerprint density at radius 1 is 1.18 bits per heavy atom. The highest BCUT2D eigenvalue weighted by molar-refractivity contribution is 5.86. The summed E-state index contributed by atoms with van der Waals surface area (Å²) in [6, 6.07) is 8.72. The molecule has 1 heterocycles. The first kappa shape index (κ1) is 9.52. The van der Waals surface area contributed by atoms with Crippen LogP contribution in [0, 0.1) is 5.92 Å². The predicted octanol–water partition coefficient (Wildman–Crippen LogP) is 4.12. The van der Waals surface area contributed by atoms with E-state index >= 15 is 0 Å². The highest BCUT2D eigenvalue weighted by Crippen LogP contribution is 2.53. The van der Waals surface area contributed by atoms with Crippen LogP contribution in [0.25, 0.3) is 10.9 Å². The van der Waals surface area contributed by atoms with E-state index in [9.17, 15) is 0 Å². The number of nitrogens with one attached hydrogen (secondary N) is 1. The van der Waals surface area contributed by atoms with Crippen LogP contribution in [-0.2, 0) is 5.41 Å². The third-order valence-corrected chi connectivity index (χ3v) is 4.76. The minimum atomic E-state index is 0.262. The maximum atomic E-state index is 3.65. The largest absolute Gasteiger partial charge is 0.358 e. The average molecular weight is 223 g/mol. The topological polar surface area (TPSA) is 15.8 Å². The summed E-state index contributed by atoms with van der Waals surface area (Å²) >= 11 is 0. The summed E-state index contributed by atoms with van der Waals surface area (Å²) in [7, 11) is 0. The smallest absolute Gasteiger partial charge is 0.0459 e. The summed E-state index contributed by atoms with van der Waals surface area (Å²) in [6.07, 6.45) is 6.10. The molecule has 2 aliphatic rings. The lowest BCUT2D eigenvalue weighted by Gasteiger charge is -2.37. The van der Waals surface area contributed by atoms with Crippen molar-refractivity contribution < 1.29 is 0 Å². The molecule has 0 amide bonds. The van der Waals surface area contributed by atoms with Gasteiger partial charge in [0.1, 0.15) is 0 Å². The molecule has 1 aromatic heterocycles. The molecule has 1 nitrogen and oxygen atoms in total. The second kappa shape index (κ2) is 2.84. The minimum absolute atomic E-state index is 0.262. The lowest BCUT2D eigenvalue weighted by molar-refractivity contribution is 0.343. The number of para-hydroxylation sites is 1. The van der Waals surface area contributed by atoms with E-state index in [0.717, 1.165) is 0 Å². The quantitative estimate of drug-likeness (QED) is 0.647. The number of rotatable bonds is 0. The third-order valence-electron chi connectivity index (χ3n) is 4.76. The van der Waals surface area contributed by atoms with E-state index < -0.39 is 0 Å². The Morgan fingerprint density at radius 2 is 2.00 bits per heavy atom. The molecule has 2 bridgehead atoms. The molecule has 2 atom stereocenters. The first-order valence-corrected chi connectivity index (χ1v) is 6.47. The highest BCUT2D eigenvalue weighted by Gasteiger charge is 2.43. The van der Waals surface area contributed by atoms with Gasteiger partial charge in [0.15, 0.2) is 0 Å². The van der Waals surface area contributed by atoms with Gasteiger partial charge in [0, 0.05) is 22.5 Å². The van der Waals surface area contributed by atoms with E-state index in [2.05, 4.69) is 55.2 Å². The first-order chi connectivity index (χ1) is 8.18. The normalized spacial score (nSPS) is 28.6. The number of hydrogen-bond acceptors (Lipinski definition) is 0. The zero-order chi connectivity index (χ0) is 11.6. The number of benzene rings is 1. The molecule has 0 spiro atoms. The second-order valence-electron chi connectivity index (χ2n) is 6.01. The van der Waals surface area contributed by atoms with Crippen LogP contribution in [0.3, 0.4) is 0 Å². The Labute approximate surface area is 102 Å². The minimum Gasteiger partial charge on any atom is -0.358 e. The fourth-order valence-electron chi connectivity index (χ4n) is 3.77. The SMILES string of the molecule is CC1(C)c2c([nH]c3ccccc23)[C@@H]2C=C[C@@H]1C2. The maximum Gasteiger partial charge on any atom is 0.0459 e. The molecule has 2 aromatic rings. The number of hydrogen-bond donors (Lipinski definition) is 1. The van der Waals surface area contributed by atoms with Gasteiger partial charge in [0.25, 0.3) is 0 Å². The Bertz CT molecular complexity index is 630. The zero-order valence-corrected chi connectivity index (χ0v) is 10.3. The van der Waals surface area contributed by atoms with Crippen LogP contribution < -0.4 is 0 Å². The van der Waals surface area contributed by atoms with Gasteiger partial charge in [0.2, 0.25) is 0 Å². The fraction of sp³-hybridized carbons (Fsp3) is 0.375. The molecule has 86 valence electrons. The number of allylic oxidation sites excluding steroid dienone is 2. The zero-order valence-electron chi connectivity index (χ0n) is 10.3. The van der Waals surface area contributed by atoms with Crippen molar-refractivity contribution in [1.29, 1.82) is 0 Å². The van der Waals surface area contributed by atoms with Crippen molar-refractivity contribution in [3.8, 4) is 0 Å². The van der Waals surface area contributed by atoms with E-state index in [4.69, 9.17) is 0 Å². The summed E-state index contributed by atoms with van der Waals surface area (Å²) in [6.45, 7) is 4.78. The molecular formula is C16H17N. The molecule has 0 saturated carbocycles. The van der Waals surface area contributed by atoms with Gasteiger partial charge >= 0.3 is 0 Å². The van der Waals surface area contributed by atoms with E-state index in [1.807, 2.05) is 0 Å². The number of aromatic nitrogens is 1. The van der Waals surface area contributed by atoms with E-state index in [0.29, 0.717) is 11.8 Å². The fourth-order valence-corrected chi connectivity index (χ4v) is 3.77. The predicted molar refractivity (Wildman–Crippen MR) is 71.3 cm³/mol. The number of aromatic amines is 1. The van der Waals surface area contributed by atoms with E-state index in [1.54, 1.807) is 5.56 Å². The summed E-state index contributed by atoms with van der Waals surface area (Å²) in [5.74, 6) is 1.33. The Kier molecular flexibility index (Phi) is 1.59. The molecule has 0 fully saturated rings. The molecule has 0 saturated heterocycles. The van der Waals surface area contributed by atoms with Crippen molar-refractivity contribution in [1.82, 2.24) is 4.98 Å². The lowest BCUT2D eigenvalue weighted by Crippen LogP contribution is -2.31. The maximum absolute atomic E-state index is 3.65. The van der Waals surface area contributed by atoms with Crippen LogP contribution in [-0.4, -0.2) is 4.98 Å². The van der Waals surface area contributed by atoms with Crippen LogP contribution in [0.15, 0.2) is 36.4 Å². The van der Waals surface area contributed by atoms with Crippen molar-refractivity contribution >= 4 is 10.9 Å². The monoisotopic (exact) mass is 223 g/mol. The molecule has 1 aromatic carbocycles. The van der Waals surface area contributed by atoms with Crippen molar-refractivity contribution in [3.05, 3.63) is 47.7 Å². The molecule has 0 aliphatic heterocycles. The van der Waals surface area contributed by atoms with Gasteiger partial charge in [-0.25, -0.2) is 0 Å². The Morgan fingerprint density at radius 3 is 2.88 bits per heavy atom. The average Bonchev–Trinajstić information content (AvgIpc) is 2.91. The van der Waals surface area contributed by atoms with Crippen LogP contribution in [0.4, 0.5) is 0 Å². The first-order valence-electron chi connectivity index (χ1n) is 6.47. The molecule has 1 N–H and O–H groups in total. The van der Waals surface area contributed by atoms with Crippen LogP contribution in [0.1, 0.15) is 37.4 Å². The highest BCUT2D eigenvalue weighted by atomic mass is 14.8. The van der Waals surface area contributed by atoms with Gasteiger partial charge in [-0.3, -0.25) is 0 Å². The lowest BCUT2D eigenvalue weighted by atomic mass is 9.67. The molecular weight excluding hydrogens is 206 g/mol. The standard InChI is InChI=1S/C16H17N/c1-16(2)11-8-7-10(9-11)15-14(16)12-5-3-4-6-13(12)17-15/h3-8,10-11,17H,9H2,1-2H3/t10-,11-/m1/s1. The number of H-pyrrole nitrogens is 1. The summed E-state index contributed by atoms with van der Waals surface area (Å²) in [5.41, 5.74) is 4.57.